The van der Waals surface area contributed by atoms with E-state index in [2.05, 4.69) is 4.98 Å². The Balaban J connectivity index is 1.41. The van der Waals surface area contributed by atoms with E-state index in [4.69, 9.17) is 4.74 Å². The van der Waals surface area contributed by atoms with E-state index in [9.17, 15) is 17.6 Å². The van der Waals surface area contributed by atoms with Gasteiger partial charge in [-0.2, -0.15) is 4.31 Å². The van der Waals surface area contributed by atoms with Gasteiger partial charge in [0.05, 0.1) is 17.7 Å². The molecule has 1 aliphatic heterocycles. The highest BCUT2D eigenvalue weighted by atomic mass is 32.2. The lowest BCUT2D eigenvalue weighted by atomic mass is 10.1. The maximum Gasteiger partial charge on any atom is 0.350 e. The number of benzene rings is 2. The van der Waals surface area contributed by atoms with Crippen LogP contribution in [0, 0.1) is 5.82 Å². The highest BCUT2D eigenvalue weighted by Crippen LogP contribution is 2.27. The minimum atomic E-state index is -3.63. The molecule has 10 heteroatoms. The summed E-state index contributed by atoms with van der Waals surface area (Å²) in [4.78, 5) is 18.7. The maximum atomic E-state index is 13.1. The molecule has 0 unspecified atom stereocenters. The summed E-state index contributed by atoms with van der Waals surface area (Å²) in [6.07, 6.45) is 1.49. The van der Waals surface area contributed by atoms with E-state index >= 15 is 0 Å². The summed E-state index contributed by atoms with van der Waals surface area (Å²) in [6, 6.07) is 12.7. The molecule has 3 aromatic rings. The average molecular weight is 476 g/mol. The fourth-order valence-electron chi connectivity index (χ4n) is 3.44. The van der Waals surface area contributed by atoms with Gasteiger partial charge in [-0.05, 0) is 42.3 Å². The van der Waals surface area contributed by atoms with E-state index < -0.39 is 16.0 Å². The first-order chi connectivity index (χ1) is 15.4. The number of rotatable bonds is 6. The topological polar surface area (TPSA) is 79.8 Å². The highest BCUT2D eigenvalue weighted by Gasteiger charge is 2.29. The summed E-state index contributed by atoms with van der Waals surface area (Å²) in [6.45, 7) is 3.63. The van der Waals surface area contributed by atoms with Gasteiger partial charge in [-0.1, -0.05) is 35.6 Å². The molecule has 0 saturated carbocycles. The van der Waals surface area contributed by atoms with Crippen LogP contribution in [0.2, 0.25) is 0 Å². The Morgan fingerprint density at radius 1 is 1.03 bits per heavy atom. The fourth-order valence-corrected chi connectivity index (χ4v) is 5.72. The molecule has 168 valence electrons. The highest BCUT2D eigenvalue weighted by molar-refractivity contribution is 7.89. The van der Waals surface area contributed by atoms with Gasteiger partial charge in [0, 0.05) is 26.2 Å². The minimum Gasteiger partial charge on any atom is -0.462 e. The van der Waals surface area contributed by atoms with Gasteiger partial charge in [-0.25, -0.2) is 22.6 Å². The van der Waals surface area contributed by atoms with E-state index in [0.717, 1.165) is 11.1 Å². The smallest absolute Gasteiger partial charge is 0.350 e. The summed E-state index contributed by atoms with van der Waals surface area (Å²) in [5, 5.41) is 0.675. The van der Waals surface area contributed by atoms with Crippen molar-refractivity contribution in [1.82, 2.24) is 9.29 Å². The minimum absolute atomic E-state index is 0.218. The van der Waals surface area contributed by atoms with Crippen LogP contribution < -0.4 is 4.90 Å². The molecule has 1 aliphatic rings. The maximum absolute atomic E-state index is 13.1. The molecule has 2 aromatic carbocycles. The van der Waals surface area contributed by atoms with E-state index in [0.29, 0.717) is 42.8 Å². The molecule has 0 bridgehead atoms. The number of hydrogen-bond donors (Lipinski definition) is 0. The van der Waals surface area contributed by atoms with Crippen LogP contribution in [0.15, 0.2) is 59.6 Å². The third kappa shape index (κ3) is 4.67. The first kappa shape index (κ1) is 22.4. The zero-order chi connectivity index (χ0) is 22.7. The number of thiazole rings is 1. The monoisotopic (exact) mass is 475 g/mol. The number of halogens is 1. The molecule has 1 saturated heterocycles. The normalized spacial score (nSPS) is 15.0. The predicted molar refractivity (Wildman–Crippen MR) is 121 cm³/mol. The van der Waals surface area contributed by atoms with Gasteiger partial charge in [0.15, 0.2) is 5.13 Å². The van der Waals surface area contributed by atoms with Crippen molar-refractivity contribution in [2.75, 3.05) is 37.7 Å². The summed E-state index contributed by atoms with van der Waals surface area (Å²) in [5.41, 5.74) is 1.63. The number of anilines is 1. The molecule has 1 fully saturated rings. The summed E-state index contributed by atoms with van der Waals surface area (Å²) in [7, 11) is -3.63. The van der Waals surface area contributed by atoms with Crippen LogP contribution >= 0.6 is 11.3 Å². The van der Waals surface area contributed by atoms with Crippen LogP contribution in [0.1, 0.15) is 16.6 Å². The van der Waals surface area contributed by atoms with Gasteiger partial charge < -0.3 is 9.64 Å². The quantitative estimate of drug-likeness (QED) is 0.507. The van der Waals surface area contributed by atoms with Crippen LogP contribution in [-0.2, 0) is 14.8 Å². The number of carbonyl (C=O) groups is 1. The van der Waals surface area contributed by atoms with Gasteiger partial charge in [0.25, 0.3) is 0 Å². The van der Waals surface area contributed by atoms with Crippen molar-refractivity contribution in [3.05, 3.63) is 65.4 Å². The largest absolute Gasteiger partial charge is 0.462 e. The molecule has 0 N–H and O–H groups in total. The Morgan fingerprint density at radius 2 is 1.62 bits per heavy atom. The van der Waals surface area contributed by atoms with Crippen molar-refractivity contribution in [3.8, 4) is 11.1 Å². The van der Waals surface area contributed by atoms with Crippen molar-refractivity contribution in [2.45, 2.75) is 11.8 Å². The standard InChI is InChI=1S/C22H22FN3O4S2/c1-2-30-21(27)20-15-24-22(31-20)25-11-13-26(14-12-25)32(28,29)19-9-5-17(6-10-19)16-3-7-18(23)8-4-16/h3-10,15H,2,11-14H2,1H3. The fraction of sp³-hybridized carbons (Fsp3) is 0.273. The lowest BCUT2D eigenvalue weighted by Gasteiger charge is -2.33. The van der Waals surface area contributed by atoms with Crippen molar-refractivity contribution in [2.24, 2.45) is 0 Å². The summed E-state index contributed by atoms with van der Waals surface area (Å²) in [5.74, 6) is -0.719. The second-order valence-corrected chi connectivity index (χ2v) is 10.1. The molecule has 2 heterocycles. The van der Waals surface area contributed by atoms with Crippen LogP contribution in [-0.4, -0.2) is 56.5 Å². The molecular formula is C22H22FN3O4S2. The van der Waals surface area contributed by atoms with Gasteiger partial charge in [0.2, 0.25) is 10.0 Å². The van der Waals surface area contributed by atoms with Crippen LogP contribution in [0.3, 0.4) is 0 Å². The van der Waals surface area contributed by atoms with E-state index in [1.807, 2.05) is 4.90 Å². The average Bonchev–Trinajstić information content (AvgIpc) is 3.31. The molecule has 7 nitrogen and oxygen atoms in total. The Labute approximate surface area is 190 Å². The molecule has 0 spiro atoms. The van der Waals surface area contributed by atoms with Gasteiger partial charge in [-0.3, -0.25) is 0 Å². The molecule has 1 aromatic heterocycles. The first-order valence-corrected chi connectivity index (χ1v) is 12.4. The number of piperazine rings is 1. The molecule has 0 amide bonds. The molecule has 0 atom stereocenters. The Kier molecular flexibility index (Phi) is 6.54. The number of carbonyl (C=O) groups excluding carboxylic acids is 1. The van der Waals surface area contributed by atoms with Gasteiger partial charge in [-0.15, -0.1) is 0 Å². The number of nitrogens with zero attached hydrogens (tertiary/aromatic N) is 3. The Morgan fingerprint density at radius 3 is 2.22 bits per heavy atom. The third-order valence-electron chi connectivity index (χ3n) is 5.15. The van der Waals surface area contributed by atoms with E-state index in [-0.39, 0.29) is 10.7 Å². The summed E-state index contributed by atoms with van der Waals surface area (Å²) < 4.78 is 45.7. The van der Waals surface area contributed by atoms with Crippen LogP contribution in [0.25, 0.3) is 11.1 Å². The molecule has 32 heavy (non-hydrogen) atoms. The lowest BCUT2D eigenvalue weighted by Crippen LogP contribution is -2.48. The number of ether oxygens (including phenoxy) is 1. The molecule has 0 aliphatic carbocycles. The predicted octanol–water partition coefficient (Wildman–Crippen LogP) is 3.64. The SMILES string of the molecule is CCOC(=O)c1cnc(N2CCN(S(=O)(=O)c3ccc(-c4ccc(F)cc4)cc3)CC2)s1. The third-order valence-corrected chi connectivity index (χ3v) is 8.10. The molecular weight excluding hydrogens is 453 g/mol. The van der Waals surface area contributed by atoms with Gasteiger partial charge in [0.1, 0.15) is 10.7 Å². The number of sulfonamides is 1. The molecule has 4 rings (SSSR count). The van der Waals surface area contributed by atoms with Crippen molar-refractivity contribution < 1.29 is 22.3 Å². The zero-order valence-electron chi connectivity index (χ0n) is 17.4. The zero-order valence-corrected chi connectivity index (χ0v) is 19.0. The number of hydrogen-bond acceptors (Lipinski definition) is 7. The first-order valence-electron chi connectivity index (χ1n) is 10.1. The Hall–Kier alpha value is -2.82. The van der Waals surface area contributed by atoms with Gasteiger partial charge >= 0.3 is 5.97 Å². The number of esters is 1. The Bertz CT molecular complexity index is 1190. The van der Waals surface area contributed by atoms with Crippen LogP contribution in [0.4, 0.5) is 9.52 Å². The molecule has 0 radical (unpaired) electrons. The summed E-state index contributed by atoms with van der Waals surface area (Å²) >= 11 is 1.24. The van der Waals surface area contributed by atoms with Crippen LogP contribution in [0.5, 0.6) is 0 Å². The second kappa shape index (κ2) is 9.35. The van der Waals surface area contributed by atoms with Crippen molar-refractivity contribution in [1.29, 1.82) is 0 Å². The number of aromatic nitrogens is 1. The second-order valence-electron chi connectivity index (χ2n) is 7.15. The van der Waals surface area contributed by atoms with E-state index in [1.165, 1.54) is 34.0 Å². The van der Waals surface area contributed by atoms with Crippen molar-refractivity contribution >= 4 is 32.5 Å². The lowest BCUT2D eigenvalue weighted by molar-refractivity contribution is 0.0532. The van der Waals surface area contributed by atoms with E-state index in [1.54, 1.807) is 43.3 Å². The van der Waals surface area contributed by atoms with Crippen molar-refractivity contribution in [3.63, 3.8) is 0 Å².